The van der Waals surface area contributed by atoms with E-state index in [0.717, 1.165) is 11.1 Å². The molecule has 0 bridgehead atoms. The molecule has 2 rings (SSSR count). The van der Waals surface area contributed by atoms with Crippen molar-refractivity contribution in [3.63, 3.8) is 0 Å². The lowest BCUT2D eigenvalue weighted by atomic mass is 10.0. The molecule has 2 atom stereocenters. The molecule has 0 spiro atoms. The third-order valence-electron chi connectivity index (χ3n) is 4.31. The van der Waals surface area contributed by atoms with Crippen LogP contribution in [0.25, 0.3) is 0 Å². The van der Waals surface area contributed by atoms with Crippen molar-refractivity contribution in [2.75, 3.05) is 7.11 Å². The first-order valence-electron chi connectivity index (χ1n) is 9.42. The highest BCUT2D eigenvalue weighted by molar-refractivity contribution is 5.89. The van der Waals surface area contributed by atoms with Crippen LogP contribution in [0.15, 0.2) is 60.7 Å². The maximum atomic E-state index is 12.8. The minimum Gasteiger partial charge on any atom is -0.467 e. The quantitative estimate of drug-likeness (QED) is 0.633. The number of carbonyl (C=O) groups excluding carboxylic acids is 3. The van der Waals surface area contributed by atoms with Gasteiger partial charge in [0.2, 0.25) is 5.91 Å². The first kappa shape index (κ1) is 21.9. The van der Waals surface area contributed by atoms with Crippen molar-refractivity contribution in [3.05, 3.63) is 71.8 Å². The van der Waals surface area contributed by atoms with Gasteiger partial charge in [-0.05, 0) is 17.5 Å². The third kappa shape index (κ3) is 7.29. The van der Waals surface area contributed by atoms with Crippen LogP contribution in [0.5, 0.6) is 0 Å². The van der Waals surface area contributed by atoms with E-state index in [9.17, 15) is 14.4 Å². The molecule has 2 amide bonds. The number of amides is 2. The molecule has 7 heteroatoms. The number of benzene rings is 2. The van der Waals surface area contributed by atoms with Gasteiger partial charge < -0.3 is 20.1 Å². The number of esters is 1. The number of hydrogen-bond donors (Lipinski definition) is 2. The number of alkyl carbamates (subject to hydrolysis) is 1. The van der Waals surface area contributed by atoms with E-state index in [0.29, 0.717) is 6.42 Å². The largest absolute Gasteiger partial charge is 0.467 e. The third-order valence-corrected chi connectivity index (χ3v) is 4.31. The minimum atomic E-state index is -0.903. The Kier molecular flexibility index (Phi) is 8.69. The van der Waals surface area contributed by atoms with Gasteiger partial charge in [0, 0.05) is 6.42 Å². The van der Waals surface area contributed by atoms with Gasteiger partial charge >= 0.3 is 12.1 Å². The van der Waals surface area contributed by atoms with Crippen LogP contribution in [0.1, 0.15) is 24.5 Å². The standard InChI is InChI=1S/C22H26N2O5/c1-3-18(21(26)28-2)23-20(25)19(14-16-10-6-4-7-11-16)24-22(27)29-15-17-12-8-5-9-13-17/h4-13,18-19H,3,14-15H2,1-2H3,(H,23,25)(H,24,27)/t18-,19-/m1/s1. The Hall–Kier alpha value is -3.35. The molecule has 0 aliphatic carbocycles. The van der Waals surface area contributed by atoms with Crippen molar-refractivity contribution >= 4 is 18.0 Å². The van der Waals surface area contributed by atoms with Crippen molar-refractivity contribution in [3.8, 4) is 0 Å². The van der Waals surface area contributed by atoms with Gasteiger partial charge in [-0.15, -0.1) is 0 Å². The fraction of sp³-hybridized carbons (Fsp3) is 0.318. The van der Waals surface area contributed by atoms with Gasteiger partial charge in [-0.3, -0.25) is 4.79 Å². The Morgan fingerprint density at radius 2 is 1.45 bits per heavy atom. The Bertz CT molecular complexity index is 795. The van der Waals surface area contributed by atoms with E-state index in [-0.39, 0.29) is 13.0 Å². The molecule has 0 saturated carbocycles. The summed E-state index contributed by atoms with van der Waals surface area (Å²) in [5, 5.41) is 5.23. The highest BCUT2D eigenvalue weighted by Gasteiger charge is 2.27. The Morgan fingerprint density at radius 3 is 2.00 bits per heavy atom. The summed E-state index contributed by atoms with van der Waals surface area (Å²) in [6.07, 6.45) is -0.0873. The summed E-state index contributed by atoms with van der Waals surface area (Å²) in [6.45, 7) is 1.85. The zero-order chi connectivity index (χ0) is 21.1. The van der Waals surface area contributed by atoms with E-state index in [1.165, 1.54) is 7.11 Å². The maximum absolute atomic E-state index is 12.8. The molecule has 7 nitrogen and oxygen atoms in total. The number of methoxy groups -OCH3 is 1. The number of ether oxygens (including phenoxy) is 2. The van der Waals surface area contributed by atoms with E-state index >= 15 is 0 Å². The molecule has 0 aliphatic heterocycles. The van der Waals surface area contributed by atoms with E-state index in [4.69, 9.17) is 9.47 Å². The van der Waals surface area contributed by atoms with E-state index < -0.39 is 30.1 Å². The van der Waals surface area contributed by atoms with Crippen LogP contribution in [0, 0.1) is 0 Å². The average Bonchev–Trinajstić information content (AvgIpc) is 2.76. The van der Waals surface area contributed by atoms with Crippen molar-refractivity contribution in [1.82, 2.24) is 10.6 Å². The monoisotopic (exact) mass is 398 g/mol. The smallest absolute Gasteiger partial charge is 0.408 e. The lowest BCUT2D eigenvalue weighted by Gasteiger charge is -2.21. The van der Waals surface area contributed by atoms with Crippen molar-refractivity contribution in [2.24, 2.45) is 0 Å². The molecule has 2 aromatic carbocycles. The first-order chi connectivity index (χ1) is 14.0. The number of carbonyl (C=O) groups is 3. The Morgan fingerprint density at radius 1 is 0.862 bits per heavy atom. The van der Waals surface area contributed by atoms with Crippen LogP contribution >= 0.6 is 0 Å². The molecular weight excluding hydrogens is 372 g/mol. The second-order valence-electron chi connectivity index (χ2n) is 6.44. The van der Waals surface area contributed by atoms with Gasteiger partial charge in [0.05, 0.1) is 7.11 Å². The normalized spacial score (nSPS) is 12.3. The molecule has 0 fully saturated rings. The molecule has 154 valence electrons. The molecule has 0 unspecified atom stereocenters. The zero-order valence-electron chi connectivity index (χ0n) is 16.6. The summed E-state index contributed by atoms with van der Waals surface area (Å²) in [4.78, 5) is 36.8. The van der Waals surface area contributed by atoms with Gasteiger partial charge in [0.1, 0.15) is 18.7 Å². The molecule has 0 aromatic heterocycles. The lowest BCUT2D eigenvalue weighted by Crippen LogP contribution is -2.52. The SMILES string of the molecule is CC[C@@H](NC(=O)[C@@H](Cc1ccccc1)NC(=O)OCc1ccccc1)C(=O)OC. The van der Waals surface area contributed by atoms with Gasteiger partial charge in [-0.1, -0.05) is 67.6 Å². The molecule has 0 saturated heterocycles. The summed E-state index contributed by atoms with van der Waals surface area (Å²) in [6, 6.07) is 16.8. The van der Waals surface area contributed by atoms with Crippen LogP contribution in [0.2, 0.25) is 0 Å². The van der Waals surface area contributed by atoms with Crippen LogP contribution in [0.3, 0.4) is 0 Å². The summed E-state index contributed by atoms with van der Waals surface area (Å²) >= 11 is 0. The highest BCUT2D eigenvalue weighted by atomic mass is 16.5. The second-order valence-corrected chi connectivity index (χ2v) is 6.44. The van der Waals surface area contributed by atoms with Gasteiger partial charge in [0.15, 0.2) is 0 Å². The second kappa shape index (κ2) is 11.5. The summed E-state index contributed by atoms with van der Waals surface area (Å²) in [5.41, 5.74) is 1.70. The molecule has 2 aromatic rings. The molecular formula is C22H26N2O5. The first-order valence-corrected chi connectivity index (χ1v) is 9.42. The molecule has 0 heterocycles. The van der Waals surface area contributed by atoms with Crippen molar-refractivity contribution < 1.29 is 23.9 Å². The van der Waals surface area contributed by atoms with E-state index in [1.54, 1.807) is 6.92 Å². The summed E-state index contributed by atoms with van der Waals surface area (Å²) in [5.74, 6) is -1.02. The predicted octanol–water partition coefficient (Wildman–Crippen LogP) is 2.59. The Balaban J connectivity index is 2.04. The number of nitrogens with one attached hydrogen (secondary N) is 2. The van der Waals surface area contributed by atoms with Gasteiger partial charge in [-0.2, -0.15) is 0 Å². The van der Waals surface area contributed by atoms with Crippen LogP contribution in [0.4, 0.5) is 4.79 Å². The topological polar surface area (TPSA) is 93.7 Å². The average molecular weight is 398 g/mol. The summed E-state index contributed by atoms with van der Waals surface area (Å²) in [7, 11) is 1.26. The maximum Gasteiger partial charge on any atom is 0.408 e. The fourth-order valence-corrected chi connectivity index (χ4v) is 2.71. The number of hydrogen-bond acceptors (Lipinski definition) is 5. The highest BCUT2D eigenvalue weighted by Crippen LogP contribution is 2.06. The van der Waals surface area contributed by atoms with Gasteiger partial charge in [-0.25, -0.2) is 9.59 Å². The van der Waals surface area contributed by atoms with Crippen LogP contribution in [-0.2, 0) is 32.1 Å². The van der Waals surface area contributed by atoms with Crippen LogP contribution < -0.4 is 10.6 Å². The molecule has 29 heavy (non-hydrogen) atoms. The minimum absolute atomic E-state index is 0.0894. The zero-order valence-corrected chi connectivity index (χ0v) is 16.6. The van der Waals surface area contributed by atoms with E-state index in [2.05, 4.69) is 10.6 Å². The van der Waals surface area contributed by atoms with Crippen molar-refractivity contribution in [2.45, 2.75) is 38.5 Å². The predicted molar refractivity (Wildman–Crippen MR) is 108 cm³/mol. The number of rotatable bonds is 9. The fourth-order valence-electron chi connectivity index (χ4n) is 2.71. The molecule has 0 radical (unpaired) electrons. The lowest BCUT2D eigenvalue weighted by molar-refractivity contribution is -0.145. The molecule has 2 N–H and O–H groups in total. The summed E-state index contributed by atoms with van der Waals surface area (Å²) < 4.78 is 9.93. The Labute approximate surface area is 170 Å². The van der Waals surface area contributed by atoms with Gasteiger partial charge in [0.25, 0.3) is 0 Å². The van der Waals surface area contributed by atoms with E-state index in [1.807, 2.05) is 60.7 Å². The van der Waals surface area contributed by atoms with Crippen LogP contribution in [-0.4, -0.2) is 37.2 Å². The van der Waals surface area contributed by atoms with Crippen molar-refractivity contribution in [1.29, 1.82) is 0 Å². The molecule has 0 aliphatic rings.